The van der Waals surface area contributed by atoms with E-state index in [0.29, 0.717) is 13.0 Å². The summed E-state index contributed by atoms with van der Waals surface area (Å²) in [6.07, 6.45) is 1.10. The number of hydrogen-bond acceptors (Lipinski definition) is 3. The van der Waals surface area contributed by atoms with Crippen LogP contribution in [-0.4, -0.2) is 18.4 Å². The van der Waals surface area contributed by atoms with Gasteiger partial charge in [-0.2, -0.15) is 0 Å². The lowest BCUT2D eigenvalue weighted by Crippen LogP contribution is -2.28. The van der Waals surface area contributed by atoms with Crippen molar-refractivity contribution in [2.24, 2.45) is 5.92 Å². The average molecular weight is 231 g/mol. The van der Waals surface area contributed by atoms with Crippen molar-refractivity contribution in [3.63, 3.8) is 0 Å². The molecule has 2 amide bonds. The summed E-state index contributed by atoms with van der Waals surface area (Å²) in [6.45, 7) is 0.611. The summed E-state index contributed by atoms with van der Waals surface area (Å²) in [5.74, 6) is 0.413. The fourth-order valence-corrected chi connectivity index (χ4v) is 2.69. The van der Waals surface area contributed by atoms with E-state index >= 15 is 0 Å². The fourth-order valence-electron chi connectivity index (χ4n) is 2.69. The maximum absolute atomic E-state index is 11.7. The van der Waals surface area contributed by atoms with Gasteiger partial charge in [0, 0.05) is 12.3 Å². The Kier molecular flexibility index (Phi) is 2.35. The number of benzene rings is 1. The second-order valence-corrected chi connectivity index (χ2v) is 4.50. The number of carbonyl (C=O) groups is 2. The Labute approximate surface area is 99.0 Å². The van der Waals surface area contributed by atoms with Crippen LogP contribution >= 0.6 is 0 Å². The fraction of sp³-hybridized carbons (Fsp3) is 0.385. The van der Waals surface area contributed by atoms with Crippen LogP contribution in [0.25, 0.3) is 0 Å². The van der Waals surface area contributed by atoms with Crippen LogP contribution in [0.3, 0.4) is 0 Å². The number of hydrogen-bond donors (Lipinski definition) is 1. The lowest BCUT2D eigenvalue weighted by molar-refractivity contribution is -0.126. The highest BCUT2D eigenvalue weighted by Crippen LogP contribution is 2.40. The van der Waals surface area contributed by atoms with E-state index in [4.69, 9.17) is 4.74 Å². The number of ether oxygens (including phenoxy) is 1. The quantitative estimate of drug-likeness (QED) is 0.739. The number of para-hydroxylation sites is 1. The minimum absolute atomic E-state index is 0.103. The third kappa shape index (κ3) is 1.69. The van der Waals surface area contributed by atoms with E-state index in [1.54, 1.807) is 0 Å². The highest BCUT2D eigenvalue weighted by atomic mass is 16.5. The molecule has 3 rings (SSSR count). The van der Waals surface area contributed by atoms with Crippen molar-refractivity contribution in [1.82, 2.24) is 5.32 Å². The van der Waals surface area contributed by atoms with Crippen LogP contribution in [0.5, 0.6) is 5.75 Å². The minimum atomic E-state index is -0.229. The van der Waals surface area contributed by atoms with E-state index in [0.717, 1.165) is 17.7 Å². The second-order valence-electron chi connectivity index (χ2n) is 4.50. The van der Waals surface area contributed by atoms with Gasteiger partial charge in [0.05, 0.1) is 12.5 Å². The van der Waals surface area contributed by atoms with Crippen LogP contribution in [0.2, 0.25) is 0 Å². The van der Waals surface area contributed by atoms with Crippen molar-refractivity contribution >= 4 is 11.8 Å². The van der Waals surface area contributed by atoms with Crippen molar-refractivity contribution in [2.45, 2.75) is 18.8 Å². The van der Waals surface area contributed by atoms with Gasteiger partial charge in [-0.05, 0) is 18.1 Å². The highest BCUT2D eigenvalue weighted by molar-refractivity contribution is 6.03. The largest absolute Gasteiger partial charge is 0.493 e. The molecule has 4 nitrogen and oxygen atoms in total. The van der Waals surface area contributed by atoms with Gasteiger partial charge in [-0.3, -0.25) is 14.9 Å². The van der Waals surface area contributed by atoms with Crippen LogP contribution in [0.4, 0.5) is 0 Å². The highest BCUT2D eigenvalue weighted by Gasteiger charge is 2.39. The molecule has 0 aliphatic carbocycles. The molecule has 1 aromatic carbocycles. The zero-order chi connectivity index (χ0) is 11.8. The number of carbonyl (C=O) groups excluding carboxylic acids is 2. The molecule has 0 bridgehead atoms. The summed E-state index contributed by atoms with van der Waals surface area (Å²) in [6, 6.07) is 7.75. The van der Waals surface area contributed by atoms with Crippen molar-refractivity contribution in [1.29, 1.82) is 0 Å². The van der Waals surface area contributed by atoms with Crippen LogP contribution in [0.1, 0.15) is 24.3 Å². The Balaban J connectivity index is 1.95. The Hall–Kier alpha value is -1.84. The van der Waals surface area contributed by atoms with E-state index in [1.165, 1.54) is 0 Å². The van der Waals surface area contributed by atoms with Crippen molar-refractivity contribution in [2.75, 3.05) is 6.61 Å². The van der Waals surface area contributed by atoms with E-state index in [1.807, 2.05) is 24.3 Å². The summed E-state index contributed by atoms with van der Waals surface area (Å²) < 4.78 is 5.56. The van der Waals surface area contributed by atoms with Gasteiger partial charge in [0.1, 0.15) is 5.75 Å². The third-order valence-corrected chi connectivity index (χ3v) is 3.50. The first-order valence-electron chi connectivity index (χ1n) is 5.81. The Morgan fingerprint density at radius 2 is 2.00 bits per heavy atom. The Morgan fingerprint density at radius 3 is 2.76 bits per heavy atom. The monoisotopic (exact) mass is 231 g/mol. The SMILES string of the molecule is O=C1CC(C2CCOc3ccccc32)C(=O)N1. The molecule has 0 aromatic heterocycles. The molecule has 0 spiro atoms. The average Bonchev–Trinajstić information content (AvgIpc) is 2.68. The van der Waals surface area contributed by atoms with Gasteiger partial charge in [0.25, 0.3) is 0 Å². The molecule has 88 valence electrons. The van der Waals surface area contributed by atoms with Gasteiger partial charge >= 0.3 is 0 Å². The van der Waals surface area contributed by atoms with E-state index in [9.17, 15) is 9.59 Å². The molecule has 17 heavy (non-hydrogen) atoms. The normalized spacial score (nSPS) is 27.3. The first-order chi connectivity index (χ1) is 8.25. The minimum Gasteiger partial charge on any atom is -0.493 e. The van der Waals surface area contributed by atoms with Crippen LogP contribution < -0.4 is 10.1 Å². The Morgan fingerprint density at radius 1 is 1.18 bits per heavy atom. The Bertz CT molecular complexity index is 483. The lowest BCUT2D eigenvalue weighted by Gasteiger charge is -2.28. The van der Waals surface area contributed by atoms with E-state index < -0.39 is 0 Å². The second kappa shape index (κ2) is 3.87. The maximum Gasteiger partial charge on any atom is 0.230 e. The molecule has 1 aromatic rings. The van der Waals surface area contributed by atoms with Gasteiger partial charge in [-0.1, -0.05) is 18.2 Å². The van der Waals surface area contributed by atoms with Crippen molar-refractivity contribution in [3.8, 4) is 5.75 Å². The third-order valence-electron chi connectivity index (χ3n) is 3.50. The van der Waals surface area contributed by atoms with E-state index in [-0.39, 0.29) is 23.7 Å². The van der Waals surface area contributed by atoms with Gasteiger partial charge < -0.3 is 4.74 Å². The topological polar surface area (TPSA) is 55.4 Å². The molecule has 1 N–H and O–H groups in total. The molecule has 2 unspecified atom stereocenters. The zero-order valence-corrected chi connectivity index (χ0v) is 9.31. The molecule has 2 atom stereocenters. The van der Waals surface area contributed by atoms with Gasteiger partial charge in [-0.15, -0.1) is 0 Å². The van der Waals surface area contributed by atoms with Crippen molar-refractivity contribution < 1.29 is 14.3 Å². The maximum atomic E-state index is 11.7. The predicted octanol–water partition coefficient (Wildman–Crippen LogP) is 1.22. The van der Waals surface area contributed by atoms with Crippen LogP contribution in [0, 0.1) is 5.92 Å². The molecule has 1 saturated heterocycles. The van der Waals surface area contributed by atoms with Gasteiger partial charge in [-0.25, -0.2) is 0 Å². The molecule has 2 aliphatic rings. The molecule has 4 heteroatoms. The molecule has 1 fully saturated rings. The number of amides is 2. The first kappa shape index (κ1) is 10.3. The van der Waals surface area contributed by atoms with Crippen LogP contribution in [0.15, 0.2) is 24.3 Å². The number of fused-ring (bicyclic) bond motifs is 1. The van der Waals surface area contributed by atoms with Gasteiger partial charge in [0.2, 0.25) is 11.8 Å². The number of rotatable bonds is 1. The molecular weight excluding hydrogens is 218 g/mol. The first-order valence-corrected chi connectivity index (χ1v) is 5.81. The summed E-state index contributed by atoms with van der Waals surface area (Å²) >= 11 is 0. The number of nitrogens with one attached hydrogen (secondary N) is 1. The van der Waals surface area contributed by atoms with Gasteiger partial charge in [0.15, 0.2) is 0 Å². The van der Waals surface area contributed by atoms with Crippen molar-refractivity contribution in [3.05, 3.63) is 29.8 Å². The predicted molar refractivity (Wildman–Crippen MR) is 60.6 cm³/mol. The van der Waals surface area contributed by atoms with Crippen LogP contribution in [-0.2, 0) is 9.59 Å². The standard InChI is InChI=1S/C13H13NO3/c15-12-7-10(13(16)14-12)8-5-6-17-11-4-2-1-3-9(8)11/h1-4,8,10H,5-7H2,(H,14,15,16). The lowest BCUT2D eigenvalue weighted by atomic mass is 9.81. The zero-order valence-electron chi connectivity index (χ0n) is 9.31. The summed E-state index contributed by atoms with van der Waals surface area (Å²) in [5.41, 5.74) is 1.05. The molecule has 0 radical (unpaired) electrons. The number of imide groups is 1. The smallest absolute Gasteiger partial charge is 0.230 e. The summed E-state index contributed by atoms with van der Waals surface area (Å²) in [4.78, 5) is 23.0. The molecule has 0 saturated carbocycles. The molecule has 2 aliphatic heterocycles. The van der Waals surface area contributed by atoms with E-state index in [2.05, 4.69) is 5.32 Å². The molecule has 2 heterocycles. The molecular formula is C13H13NO3. The summed E-state index contributed by atoms with van der Waals surface area (Å²) in [5, 5.41) is 2.38. The summed E-state index contributed by atoms with van der Waals surface area (Å²) in [7, 11) is 0.